The molecule has 2 aromatic rings. The molecule has 0 bridgehead atoms. The van der Waals surface area contributed by atoms with Crippen molar-refractivity contribution in [2.24, 2.45) is 0 Å². The molecule has 0 spiro atoms. The predicted octanol–water partition coefficient (Wildman–Crippen LogP) is 3.99. The first-order valence-corrected chi connectivity index (χ1v) is 10.4. The summed E-state index contributed by atoms with van der Waals surface area (Å²) in [7, 11) is 0. The maximum atomic E-state index is 13.1. The number of aryl methyl sites for hydroxylation is 2. The number of rotatable bonds is 4. The molecule has 4 rings (SSSR count). The lowest BCUT2D eigenvalue weighted by Crippen LogP contribution is -2.40. The summed E-state index contributed by atoms with van der Waals surface area (Å²) >= 11 is 0. The highest BCUT2D eigenvalue weighted by atomic mass is 16.2. The molecule has 2 amide bonds. The Morgan fingerprint density at radius 2 is 1.83 bits per heavy atom. The first-order chi connectivity index (χ1) is 14.2. The van der Waals surface area contributed by atoms with E-state index in [-0.39, 0.29) is 11.8 Å². The Balaban J connectivity index is 1.56. The van der Waals surface area contributed by atoms with Gasteiger partial charge in [0.05, 0.1) is 23.0 Å². The van der Waals surface area contributed by atoms with Gasteiger partial charge in [0.1, 0.15) is 0 Å². The minimum absolute atomic E-state index is 0.0900. The monoisotopic (exact) mass is 387 g/mol. The zero-order valence-corrected chi connectivity index (χ0v) is 16.6. The molecule has 29 heavy (non-hydrogen) atoms. The zero-order valence-electron chi connectivity index (χ0n) is 16.6. The number of carbonyl (C=O) groups is 2. The molecular formula is C24H25N3O2. The molecule has 1 saturated heterocycles. The van der Waals surface area contributed by atoms with Gasteiger partial charge in [-0.25, -0.2) is 0 Å². The van der Waals surface area contributed by atoms with Gasteiger partial charge >= 0.3 is 0 Å². The van der Waals surface area contributed by atoms with Crippen LogP contribution in [0.15, 0.2) is 42.5 Å². The van der Waals surface area contributed by atoms with E-state index in [1.807, 2.05) is 34.1 Å². The Hall–Kier alpha value is -3.13. The van der Waals surface area contributed by atoms with Crippen LogP contribution in [0.25, 0.3) is 0 Å². The quantitative estimate of drug-likeness (QED) is 0.797. The van der Waals surface area contributed by atoms with Crippen LogP contribution in [-0.4, -0.2) is 24.9 Å². The highest BCUT2D eigenvalue weighted by Crippen LogP contribution is 2.38. The Kier molecular flexibility index (Phi) is 5.62. The van der Waals surface area contributed by atoms with Gasteiger partial charge in [0.15, 0.2) is 0 Å². The van der Waals surface area contributed by atoms with Crippen molar-refractivity contribution in [1.29, 1.82) is 5.26 Å². The molecule has 1 fully saturated rings. The molecule has 2 aliphatic heterocycles. The van der Waals surface area contributed by atoms with Gasteiger partial charge in [0.25, 0.3) is 0 Å². The van der Waals surface area contributed by atoms with E-state index in [0.29, 0.717) is 31.4 Å². The van der Waals surface area contributed by atoms with E-state index in [1.165, 1.54) is 0 Å². The first kappa shape index (κ1) is 19.2. The maximum Gasteiger partial charge on any atom is 0.227 e. The average Bonchev–Trinajstić information content (AvgIpc) is 2.77. The molecule has 0 unspecified atom stereocenters. The van der Waals surface area contributed by atoms with Crippen molar-refractivity contribution in [2.75, 3.05) is 22.9 Å². The number of hydrogen-bond acceptors (Lipinski definition) is 3. The van der Waals surface area contributed by atoms with Crippen molar-refractivity contribution in [3.8, 4) is 6.07 Å². The molecule has 2 aromatic carbocycles. The van der Waals surface area contributed by atoms with Gasteiger partial charge in [-0.15, -0.1) is 0 Å². The molecule has 0 N–H and O–H groups in total. The summed E-state index contributed by atoms with van der Waals surface area (Å²) in [6.07, 6.45) is 5.45. The molecule has 5 heteroatoms. The van der Waals surface area contributed by atoms with Crippen molar-refractivity contribution in [3.63, 3.8) is 0 Å². The summed E-state index contributed by atoms with van der Waals surface area (Å²) in [6.45, 7) is 1.42. The topological polar surface area (TPSA) is 64.4 Å². The second kappa shape index (κ2) is 8.48. The molecular weight excluding hydrogens is 362 g/mol. The second-order valence-electron chi connectivity index (χ2n) is 7.75. The molecule has 0 atom stereocenters. The molecule has 2 aliphatic rings. The lowest BCUT2D eigenvalue weighted by Gasteiger charge is -2.36. The third-order valence-corrected chi connectivity index (χ3v) is 5.82. The maximum absolute atomic E-state index is 13.1. The van der Waals surface area contributed by atoms with E-state index >= 15 is 0 Å². The van der Waals surface area contributed by atoms with Gasteiger partial charge in [-0.3, -0.25) is 9.59 Å². The van der Waals surface area contributed by atoms with Crippen LogP contribution in [0.4, 0.5) is 11.4 Å². The predicted molar refractivity (Wildman–Crippen MR) is 113 cm³/mol. The fourth-order valence-electron chi connectivity index (χ4n) is 4.29. The number of piperidine rings is 1. The van der Waals surface area contributed by atoms with Gasteiger partial charge in [-0.05, 0) is 61.4 Å². The van der Waals surface area contributed by atoms with Crippen LogP contribution >= 0.6 is 0 Å². The summed E-state index contributed by atoms with van der Waals surface area (Å²) < 4.78 is 0. The Morgan fingerprint density at radius 1 is 1.00 bits per heavy atom. The molecule has 148 valence electrons. The van der Waals surface area contributed by atoms with Crippen molar-refractivity contribution in [1.82, 2.24) is 0 Å². The molecule has 2 heterocycles. The number of benzene rings is 2. The SMILES string of the molecule is N#Cc1ccc(CCC(=O)N2CCCc3cccc(N4CCCCC4=O)c32)cc1. The molecule has 0 radical (unpaired) electrons. The van der Waals surface area contributed by atoms with Gasteiger partial charge in [-0.2, -0.15) is 5.26 Å². The Morgan fingerprint density at radius 3 is 2.59 bits per heavy atom. The van der Waals surface area contributed by atoms with Gasteiger partial charge in [0, 0.05) is 25.9 Å². The van der Waals surface area contributed by atoms with Crippen LogP contribution < -0.4 is 9.80 Å². The number of fused-ring (bicyclic) bond motifs is 1. The number of anilines is 2. The highest BCUT2D eigenvalue weighted by molar-refractivity contribution is 6.03. The first-order valence-electron chi connectivity index (χ1n) is 10.4. The van der Waals surface area contributed by atoms with Crippen LogP contribution in [0, 0.1) is 11.3 Å². The number of para-hydroxylation sites is 1. The minimum Gasteiger partial charge on any atom is -0.310 e. The van der Waals surface area contributed by atoms with E-state index in [0.717, 1.165) is 54.7 Å². The lowest BCUT2D eigenvalue weighted by atomic mass is 9.97. The van der Waals surface area contributed by atoms with Gasteiger partial charge in [0.2, 0.25) is 11.8 Å². The van der Waals surface area contributed by atoms with Crippen molar-refractivity contribution in [2.45, 2.75) is 44.9 Å². The van der Waals surface area contributed by atoms with Crippen LogP contribution in [0.3, 0.4) is 0 Å². The summed E-state index contributed by atoms with van der Waals surface area (Å²) in [5.41, 5.74) is 4.64. The Bertz CT molecular complexity index is 959. The normalized spacial score (nSPS) is 16.3. The van der Waals surface area contributed by atoms with Crippen LogP contribution in [0.2, 0.25) is 0 Å². The van der Waals surface area contributed by atoms with Crippen molar-refractivity contribution >= 4 is 23.2 Å². The van der Waals surface area contributed by atoms with Gasteiger partial charge in [-0.1, -0.05) is 24.3 Å². The minimum atomic E-state index is 0.0900. The smallest absolute Gasteiger partial charge is 0.227 e. The van der Waals surface area contributed by atoms with Crippen molar-refractivity contribution < 1.29 is 9.59 Å². The molecule has 0 aliphatic carbocycles. The summed E-state index contributed by atoms with van der Waals surface area (Å²) in [5.74, 6) is 0.243. The van der Waals surface area contributed by atoms with Crippen LogP contribution in [-0.2, 0) is 22.4 Å². The number of nitrogens with zero attached hydrogens (tertiary/aromatic N) is 3. The second-order valence-corrected chi connectivity index (χ2v) is 7.75. The summed E-state index contributed by atoms with van der Waals surface area (Å²) in [4.78, 5) is 29.4. The molecule has 5 nitrogen and oxygen atoms in total. The van der Waals surface area contributed by atoms with E-state index in [1.54, 1.807) is 12.1 Å². The molecule has 0 saturated carbocycles. The third kappa shape index (κ3) is 4.02. The van der Waals surface area contributed by atoms with Crippen LogP contribution in [0.5, 0.6) is 0 Å². The van der Waals surface area contributed by atoms with E-state index in [9.17, 15) is 9.59 Å². The fourth-order valence-corrected chi connectivity index (χ4v) is 4.29. The average molecular weight is 387 g/mol. The van der Waals surface area contributed by atoms with E-state index in [4.69, 9.17) is 5.26 Å². The number of hydrogen-bond donors (Lipinski definition) is 0. The van der Waals surface area contributed by atoms with E-state index < -0.39 is 0 Å². The van der Waals surface area contributed by atoms with Crippen molar-refractivity contribution in [3.05, 3.63) is 59.2 Å². The van der Waals surface area contributed by atoms with E-state index in [2.05, 4.69) is 12.1 Å². The molecule has 0 aromatic heterocycles. The summed E-state index contributed by atoms with van der Waals surface area (Å²) in [6, 6.07) is 15.6. The standard InChI is InChI=1S/C24H25N3O2/c25-17-19-11-9-18(10-12-19)13-14-23(29)27-16-4-6-20-5-3-7-21(24(20)27)26-15-2-1-8-22(26)28/h3,5,7,9-12H,1-2,4,6,8,13-16H2. The Labute approximate surface area is 171 Å². The lowest BCUT2D eigenvalue weighted by molar-refractivity contribution is -0.120. The van der Waals surface area contributed by atoms with Gasteiger partial charge < -0.3 is 9.80 Å². The third-order valence-electron chi connectivity index (χ3n) is 5.82. The summed E-state index contributed by atoms with van der Waals surface area (Å²) in [5, 5.41) is 8.92. The number of carbonyl (C=O) groups excluding carboxylic acids is 2. The number of amides is 2. The fraction of sp³-hybridized carbons (Fsp3) is 0.375. The highest BCUT2D eigenvalue weighted by Gasteiger charge is 2.29. The number of nitriles is 1. The van der Waals surface area contributed by atoms with Crippen LogP contribution in [0.1, 0.15) is 48.8 Å². The largest absolute Gasteiger partial charge is 0.310 e. The zero-order chi connectivity index (χ0) is 20.2.